The molecule has 0 heterocycles. The van der Waals surface area contributed by atoms with Crippen LogP contribution < -0.4 is 18.9 Å². The van der Waals surface area contributed by atoms with Crippen molar-refractivity contribution in [3.63, 3.8) is 0 Å². The lowest BCUT2D eigenvalue weighted by Crippen LogP contribution is -2.30. The molecule has 0 bridgehead atoms. The number of rotatable bonds is 9. The lowest BCUT2D eigenvalue weighted by atomic mass is 9.77. The van der Waals surface area contributed by atoms with Crippen LogP contribution in [-0.2, 0) is 10.2 Å². The summed E-state index contributed by atoms with van der Waals surface area (Å²) in [5, 5.41) is 0. The maximum Gasteiger partial charge on any atom is 0.317 e. The summed E-state index contributed by atoms with van der Waals surface area (Å²) in [4.78, 5) is 12.7. The Morgan fingerprint density at radius 2 is 1.21 bits per heavy atom. The molecule has 0 atom stereocenters. The molecule has 0 aliphatic carbocycles. The maximum atomic E-state index is 12.7. The SMILES string of the molecule is CCC(C)(CC)C(=O)Oc1ccc(C(C)(C)c2ccc(OC(C)(C)C)cc2OC)c(OC)c1. The first kappa shape index (κ1) is 26.6. The molecule has 0 N–H and O–H groups in total. The molecule has 2 aromatic rings. The van der Waals surface area contributed by atoms with Crippen LogP contribution in [0.3, 0.4) is 0 Å². The van der Waals surface area contributed by atoms with E-state index in [0.717, 1.165) is 35.5 Å². The molecular formula is C28H40O5. The van der Waals surface area contributed by atoms with Crippen molar-refractivity contribution in [2.45, 2.75) is 79.2 Å². The number of methoxy groups -OCH3 is 2. The molecule has 0 aliphatic rings. The second-order valence-electron chi connectivity index (χ2n) is 10.2. The average molecular weight is 457 g/mol. The molecule has 0 aliphatic heterocycles. The normalized spacial score (nSPS) is 12.3. The molecule has 5 nitrogen and oxygen atoms in total. The number of esters is 1. The predicted molar refractivity (Wildman–Crippen MR) is 133 cm³/mol. The van der Waals surface area contributed by atoms with Crippen molar-refractivity contribution in [2.75, 3.05) is 14.2 Å². The van der Waals surface area contributed by atoms with E-state index in [1.54, 1.807) is 20.3 Å². The summed E-state index contributed by atoms with van der Waals surface area (Å²) < 4.78 is 23.2. The van der Waals surface area contributed by atoms with Gasteiger partial charge >= 0.3 is 5.97 Å². The van der Waals surface area contributed by atoms with Gasteiger partial charge in [-0.15, -0.1) is 0 Å². The quantitative estimate of drug-likeness (QED) is 0.302. The molecule has 0 saturated heterocycles. The molecule has 0 saturated carbocycles. The molecule has 0 aromatic heterocycles. The number of carbonyl (C=O) groups is 1. The minimum absolute atomic E-state index is 0.224. The summed E-state index contributed by atoms with van der Waals surface area (Å²) in [7, 11) is 3.29. The highest BCUT2D eigenvalue weighted by molar-refractivity contribution is 5.78. The van der Waals surface area contributed by atoms with Crippen molar-refractivity contribution >= 4 is 5.97 Å². The van der Waals surface area contributed by atoms with Crippen molar-refractivity contribution in [1.29, 1.82) is 0 Å². The molecular weight excluding hydrogens is 416 g/mol. The van der Waals surface area contributed by atoms with Crippen LogP contribution in [0.1, 0.15) is 79.4 Å². The van der Waals surface area contributed by atoms with Crippen molar-refractivity contribution in [3.8, 4) is 23.0 Å². The van der Waals surface area contributed by atoms with Gasteiger partial charge < -0.3 is 18.9 Å². The Kier molecular flexibility index (Phi) is 8.10. The second kappa shape index (κ2) is 10.1. The first-order valence-corrected chi connectivity index (χ1v) is 11.6. The molecule has 182 valence electrons. The van der Waals surface area contributed by atoms with Crippen LogP contribution in [0.5, 0.6) is 23.0 Å². The summed E-state index contributed by atoms with van der Waals surface area (Å²) in [5.74, 6) is 2.39. The topological polar surface area (TPSA) is 54.0 Å². The van der Waals surface area contributed by atoms with Gasteiger partial charge in [-0.3, -0.25) is 4.79 Å². The third-order valence-corrected chi connectivity index (χ3v) is 6.38. The first-order valence-electron chi connectivity index (χ1n) is 11.6. The van der Waals surface area contributed by atoms with E-state index in [0.29, 0.717) is 11.5 Å². The maximum absolute atomic E-state index is 12.7. The number of benzene rings is 2. The highest BCUT2D eigenvalue weighted by atomic mass is 16.5. The molecule has 0 fully saturated rings. The zero-order valence-electron chi connectivity index (χ0n) is 21.9. The van der Waals surface area contributed by atoms with Crippen molar-refractivity contribution < 1.29 is 23.7 Å². The number of hydrogen-bond acceptors (Lipinski definition) is 5. The van der Waals surface area contributed by atoms with Gasteiger partial charge in [-0.05, 0) is 52.7 Å². The third-order valence-electron chi connectivity index (χ3n) is 6.38. The summed E-state index contributed by atoms with van der Waals surface area (Å²) in [6.45, 7) is 16.2. The van der Waals surface area contributed by atoms with Gasteiger partial charge in [0.1, 0.15) is 28.6 Å². The molecule has 0 radical (unpaired) electrons. The lowest BCUT2D eigenvalue weighted by Gasteiger charge is -2.30. The van der Waals surface area contributed by atoms with Gasteiger partial charge in [0.05, 0.1) is 19.6 Å². The second-order valence-corrected chi connectivity index (χ2v) is 10.2. The molecule has 0 amide bonds. The fourth-order valence-electron chi connectivity index (χ4n) is 3.77. The van der Waals surface area contributed by atoms with Gasteiger partial charge in [0.25, 0.3) is 0 Å². The summed E-state index contributed by atoms with van der Waals surface area (Å²) in [6.07, 6.45) is 1.44. The van der Waals surface area contributed by atoms with E-state index >= 15 is 0 Å². The highest BCUT2D eigenvalue weighted by Crippen LogP contribution is 2.44. The Bertz CT molecular complexity index is 965. The first-order chi connectivity index (χ1) is 15.3. The fourth-order valence-corrected chi connectivity index (χ4v) is 3.77. The largest absolute Gasteiger partial charge is 0.496 e. The van der Waals surface area contributed by atoms with E-state index in [2.05, 4.69) is 13.8 Å². The minimum atomic E-state index is -0.505. The van der Waals surface area contributed by atoms with Crippen molar-refractivity contribution in [3.05, 3.63) is 47.5 Å². The van der Waals surface area contributed by atoms with Gasteiger partial charge in [-0.1, -0.05) is 39.8 Å². The number of carbonyl (C=O) groups excluding carboxylic acids is 1. The minimum Gasteiger partial charge on any atom is -0.496 e. The van der Waals surface area contributed by atoms with Gasteiger partial charge in [-0.25, -0.2) is 0 Å². The fraction of sp³-hybridized carbons (Fsp3) is 0.536. The Balaban J connectivity index is 2.44. The third kappa shape index (κ3) is 6.01. The van der Waals surface area contributed by atoms with Crippen LogP contribution in [0, 0.1) is 5.41 Å². The van der Waals surface area contributed by atoms with Crippen LogP contribution >= 0.6 is 0 Å². The molecule has 33 heavy (non-hydrogen) atoms. The van der Waals surface area contributed by atoms with E-state index in [1.807, 2.05) is 71.9 Å². The Morgan fingerprint density at radius 1 is 0.758 bits per heavy atom. The number of hydrogen-bond donors (Lipinski definition) is 0. The zero-order valence-corrected chi connectivity index (χ0v) is 21.9. The molecule has 5 heteroatoms. The average Bonchev–Trinajstić information content (AvgIpc) is 2.76. The van der Waals surface area contributed by atoms with Gasteiger partial charge in [0.15, 0.2) is 0 Å². The predicted octanol–water partition coefficient (Wildman–Crippen LogP) is 6.94. The Labute approximate surface area is 199 Å². The smallest absolute Gasteiger partial charge is 0.317 e. The number of ether oxygens (including phenoxy) is 4. The van der Waals surface area contributed by atoms with Gasteiger partial charge in [-0.2, -0.15) is 0 Å². The van der Waals surface area contributed by atoms with E-state index < -0.39 is 10.8 Å². The molecule has 0 spiro atoms. The van der Waals surface area contributed by atoms with Crippen LogP contribution in [-0.4, -0.2) is 25.8 Å². The van der Waals surface area contributed by atoms with E-state index in [9.17, 15) is 4.79 Å². The van der Waals surface area contributed by atoms with Crippen LogP contribution in [0.15, 0.2) is 36.4 Å². The highest BCUT2D eigenvalue weighted by Gasteiger charge is 2.33. The van der Waals surface area contributed by atoms with Crippen molar-refractivity contribution in [2.24, 2.45) is 5.41 Å². The van der Waals surface area contributed by atoms with Gasteiger partial charge in [0.2, 0.25) is 0 Å². The molecule has 2 aromatic carbocycles. The van der Waals surface area contributed by atoms with Gasteiger partial charge in [0, 0.05) is 28.7 Å². The lowest BCUT2D eigenvalue weighted by molar-refractivity contribution is -0.145. The zero-order chi connectivity index (χ0) is 25.0. The molecule has 0 unspecified atom stereocenters. The van der Waals surface area contributed by atoms with E-state index in [-0.39, 0.29) is 11.6 Å². The molecule has 2 rings (SSSR count). The van der Waals surface area contributed by atoms with Crippen molar-refractivity contribution in [1.82, 2.24) is 0 Å². The summed E-state index contributed by atoms with van der Waals surface area (Å²) in [6, 6.07) is 11.5. The summed E-state index contributed by atoms with van der Waals surface area (Å²) >= 11 is 0. The van der Waals surface area contributed by atoms with Crippen LogP contribution in [0.2, 0.25) is 0 Å². The van der Waals surface area contributed by atoms with E-state index in [1.165, 1.54) is 0 Å². The van der Waals surface area contributed by atoms with E-state index in [4.69, 9.17) is 18.9 Å². The summed E-state index contributed by atoms with van der Waals surface area (Å²) in [5.41, 5.74) is 0.709. The van der Waals surface area contributed by atoms with Crippen LogP contribution in [0.4, 0.5) is 0 Å². The van der Waals surface area contributed by atoms with Crippen LogP contribution in [0.25, 0.3) is 0 Å². The Morgan fingerprint density at radius 3 is 1.64 bits per heavy atom. The Hall–Kier alpha value is -2.69. The monoisotopic (exact) mass is 456 g/mol. The standard InChI is InChI=1S/C28H40O5/c1-11-28(8,12-2)25(29)32-19-13-15-21(23(17-19)30-9)27(6,7)22-16-14-20(18-24(22)31-10)33-26(3,4)5/h13-18H,11-12H2,1-10H3.